The van der Waals surface area contributed by atoms with Gasteiger partial charge in [-0.05, 0) is 62.1 Å². The first kappa shape index (κ1) is 28.2. The monoisotopic (exact) mass is 556 g/mol. The average Bonchev–Trinajstić information content (AvgIpc) is 2.92. The van der Waals surface area contributed by atoms with Crippen molar-refractivity contribution in [3.63, 3.8) is 0 Å². The van der Waals surface area contributed by atoms with Gasteiger partial charge in [0.1, 0.15) is 0 Å². The molecule has 0 radical (unpaired) electrons. The summed E-state index contributed by atoms with van der Waals surface area (Å²) in [6.45, 7) is 3.46. The molecule has 9 heteroatoms. The lowest BCUT2D eigenvalue weighted by Gasteiger charge is -2.44. The lowest BCUT2D eigenvalue weighted by atomic mass is 9.90. The van der Waals surface area contributed by atoms with Crippen LogP contribution in [0.3, 0.4) is 0 Å². The maximum Gasteiger partial charge on any atom is 0.243 e. The van der Waals surface area contributed by atoms with Gasteiger partial charge in [0.25, 0.3) is 0 Å². The second kappa shape index (κ2) is 12.5. The van der Waals surface area contributed by atoms with Crippen LogP contribution in [0.5, 0.6) is 0 Å². The van der Waals surface area contributed by atoms with Crippen molar-refractivity contribution >= 4 is 15.9 Å². The molecule has 3 aliphatic heterocycles. The summed E-state index contributed by atoms with van der Waals surface area (Å²) < 4.78 is 40.9. The fourth-order valence-electron chi connectivity index (χ4n) is 6.20. The third-order valence-electron chi connectivity index (χ3n) is 8.35. The molecule has 212 valence electrons. The molecule has 2 aromatic carbocycles. The number of sulfonamides is 1. The molecule has 0 unspecified atom stereocenters. The summed E-state index contributed by atoms with van der Waals surface area (Å²) in [6.07, 6.45) is 2.76. The zero-order valence-corrected chi connectivity index (χ0v) is 23.5. The number of hydrogen-bond donors (Lipinski definition) is 1. The minimum atomic E-state index is -3.86. The number of carbonyl (C=O) groups is 1. The number of hydrogen-bond acceptors (Lipinski definition) is 6. The minimum absolute atomic E-state index is 0.0356. The lowest BCUT2D eigenvalue weighted by molar-refractivity contribution is -0.152. The number of fused-ring (bicyclic) bond motifs is 1. The van der Waals surface area contributed by atoms with E-state index in [1.165, 1.54) is 9.87 Å². The molecular weight excluding hydrogens is 516 g/mol. The van der Waals surface area contributed by atoms with Crippen molar-refractivity contribution in [1.82, 2.24) is 9.21 Å². The first-order valence-electron chi connectivity index (χ1n) is 14.1. The molecule has 39 heavy (non-hydrogen) atoms. The van der Waals surface area contributed by atoms with Crippen molar-refractivity contribution in [3.8, 4) is 0 Å². The number of piperidine rings is 1. The van der Waals surface area contributed by atoms with E-state index in [1.807, 2.05) is 17.0 Å². The van der Waals surface area contributed by atoms with Crippen LogP contribution in [0.2, 0.25) is 0 Å². The zero-order chi connectivity index (χ0) is 27.4. The number of benzene rings is 2. The second-order valence-electron chi connectivity index (χ2n) is 11.2. The zero-order valence-electron chi connectivity index (χ0n) is 22.7. The molecule has 2 aromatic rings. The van der Waals surface area contributed by atoms with Crippen molar-refractivity contribution in [2.24, 2.45) is 5.92 Å². The number of aliphatic hydroxyl groups excluding tert-OH is 1. The standard InChI is InChI=1S/C30H40N2O6S/c1-22-7-5-6-10-29(22)39(35,36)32-19-25(33)20-37-21-28-27(32)12-11-26(38-28)18-30(34)31-15-13-24(14-16-31)17-23-8-3-2-4-9-23/h2-10,24-28,33H,11-21H2,1H3/t25-,26+,27-,28+/m1/s1. The van der Waals surface area contributed by atoms with Gasteiger partial charge in [0.15, 0.2) is 0 Å². The topological polar surface area (TPSA) is 96.4 Å². The number of likely N-dealkylation sites (tertiary alicyclic amines) is 1. The molecule has 4 atom stereocenters. The highest BCUT2D eigenvalue weighted by Gasteiger charge is 2.43. The maximum atomic E-state index is 13.7. The van der Waals surface area contributed by atoms with E-state index < -0.39 is 28.3 Å². The van der Waals surface area contributed by atoms with Crippen LogP contribution in [0.25, 0.3) is 0 Å². The Hall–Kier alpha value is -2.30. The molecule has 0 spiro atoms. The van der Waals surface area contributed by atoms with Crippen molar-refractivity contribution in [1.29, 1.82) is 0 Å². The van der Waals surface area contributed by atoms with E-state index in [0.29, 0.717) is 30.7 Å². The Morgan fingerprint density at radius 1 is 0.974 bits per heavy atom. The normalized spacial score (nSPS) is 27.4. The molecule has 3 aliphatic rings. The van der Waals surface area contributed by atoms with Gasteiger partial charge in [-0.25, -0.2) is 8.42 Å². The fraction of sp³-hybridized carbons (Fsp3) is 0.567. The molecule has 0 bridgehead atoms. The van der Waals surface area contributed by atoms with E-state index in [-0.39, 0.29) is 36.7 Å². The van der Waals surface area contributed by atoms with Gasteiger partial charge in [0.2, 0.25) is 15.9 Å². The molecule has 3 fully saturated rings. The molecule has 3 heterocycles. The van der Waals surface area contributed by atoms with Crippen LogP contribution in [-0.2, 0) is 30.7 Å². The van der Waals surface area contributed by atoms with Gasteiger partial charge in [-0.2, -0.15) is 4.31 Å². The number of ether oxygens (including phenoxy) is 2. The average molecular weight is 557 g/mol. The number of aliphatic hydroxyl groups is 1. The molecule has 1 N–H and O–H groups in total. The van der Waals surface area contributed by atoms with E-state index in [2.05, 4.69) is 24.3 Å². The number of aryl methyl sites for hydroxylation is 1. The first-order chi connectivity index (χ1) is 18.8. The Morgan fingerprint density at radius 3 is 2.44 bits per heavy atom. The molecule has 1 amide bonds. The summed E-state index contributed by atoms with van der Waals surface area (Å²) >= 11 is 0. The van der Waals surface area contributed by atoms with Gasteiger partial charge >= 0.3 is 0 Å². The van der Waals surface area contributed by atoms with Gasteiger partial charge < -0.3 is 19.5 Å². The van der Waals surface area contributed by atoms with Crippen molar-refractivity contribution in [2.45, 2.75) is 74.7 Å². The number of carbonyl (C=O) groups excluding carboxylic acids is 1. The van der Waals surface area contributed by atoms with E-state index in [1.54, 1.807) is 25.1 Å². The largest absolute Gasteiger partial charge is 0.389 e. The second-order valence-corrected chi connectivity index (χ2v) is 13.0. The van der Waals surface area contributed by atoms with Crippen molar-refractivity contribution in [2.75, 3.05) is 32.8 Å². The fourth-order valence-corrected chi connectivity index (χ4v) is 8.14. The first-order valence-corrected chi connectivity index (χ1v) is 15.6. The smallest absolute Gasteiger partial charge is 0.243 e. The highest BCUT2D eigenvalue weighted by atomic mass is 32.2. The van der Waals surface area contributed by atoms with Crippen LogP contribution in [0.15, 0.2) is 59.5 Å². The molecule has 8 nitrogen and oxygen atoms in total. The van der Waals surface area contributed by atoms with Crippen LogP contribution in [0, 0.1) is 12.8 Å². The van der Waals surface area contributed by atoms with E-state index in [4.69, 9.17) is 9.47 Å². The summed E-state index contributed by atoms with van der Waals surface area (Å²) in [4.78, 5) is 15.4. The Bertz CT molecular complexity index is 1210. The van der Waals surface area contributed by atoms with Gasteiger partial charge in [0.05, 0.1) is 48.9 Å². The van der Waals surface area contributed by atoms with Gasteiger partial charge in [-0.1, -0.05) is 48.5 Å². The van der Waals surface area contributed by atoms with Crippen LogP contribution >= 0.6 is 0 Å². The van der Waals surface area contributed by atoms with E-state index in [0.717, 1.165) is 32.4 Å². The third-order valence-corrected chi connectivity index (χ3v) is 10.4. The number of nitrogens with zero attached hydrogens (tertiary/aromatic N) is 2. The van der Waals surface area contributed by atoms with Crippen molar-refractivity contribution < 1.29 is 27.8 Å². The summed E-state index contributed by atoms with van der Waals surface area (Å²) in [7, 11) is -3.86. The van der Waals surface area contributed by atoms with Crippen LogP contribution in [0.1, 0.15) is 43.2 Å². The van der Waals surface area contributed by atoms with Crippen LogP contribution in [0.4, 0.5) is 0 Å². The molecule has 0 aromatic heterocycles. The Kier molecular flexibility index (Phi) is 9.03. The van der Waals surface area contributed by atoms with Gasteiger partial charge in [-0.15, -0.1) is 0 Å². The highest BCUT2D eigenvalue weighted by Crippen LogP contribution is 2.33. The summed E-state index contributed by atoms with van der Waals surface area (Å²) in [6, 6.07) is 16.9. The van der Waals surface area contributed by atoms with Crippen LogP contribution < -0.4 is 0 Å². The highest BCUT2D eigenvalue weighted by molar-refractivity contribution is 7.89. The lowest BCUT2D eigenvalue weighted by Crippen LogP contribution is -2.57. The van der Waals surface area contributed by atoms with E-state index >= 15 is 0 Å². The number of β-amino-alcohol motifs (C(OH)–C–C–N with tert-alkyl or cyclic N) is 1. The number of rotatable bonds is 6. The number of amides is 1. The van der Waals surface area contributed by atoms with E-state index in [9.17, 15) is 18.3 Å². The predicted molar refractivity (Wildman–Crippen MR) is 148 cm³/mol. The Balaban J connectivity index is 1.20. The minimum Gasteiger partial charge on any atom is -0.389 e. The molecular formula is C30H40N2O6S. The maximum absolute atomic E-state index is 13.7. The Labute approximate surface area is 232 Å². The van der Waals surface area contributed by atoms with Crippen LogP contribution in [-0.4, -0.2) is 85.8 Å². The molecule has 0 saturated carbocycles. The quantitative estimate of drug-likeness (QED) is 0.587. The SMILES string of the molecule is Cc1ccccc1S(=O)(=O)N1C[C@@H](O)COC[C@@H]2O[C@H](CC(=O)N3CCC(Cc4ccccc4)CC3)CC[C@H]21. The van der Waals surface area contributed by atoms with Gasteiger partial charge in [-0.3, -0.25) is 4.79 Å². The summed E-state index contributed by atoms with van der Waals surface area (Å²) in [5.41, 5.74) is 2.01. The molecule has 5 rings (SSSR count). The van der Waals surface area contributed by atoms with Crippen molar-refractivity contribution in [3.05, 3.63) is 65.7 Å². The van der Waals surface area contributed by atoms with Gasteiger partial charge in [0, 0.05) is 19.6 Å². The molecule has 3 saturated heterocycles. The third kappa shape index (κ3) is 6.72. The predicted octanol–water partition coefficient (Wildman–Crippen LogP) is 3.16. The summed E-state index contributed by atoms with van der Waals surface area (Å²) in [5, 5.41) is 10.4. The Morgan fingerprint density at radius 2 is 1.69 bits per heavy atom. The molecule has 0 aliphatic carbocycles. The summed E-state index contributed by atoms with van der Waals surface area (Å²) in [5.74, 6) is 0.690.